The van der Waals surface area contributed by atoms with E-state index in [1.54, 1.807) is 0 Å². The van der Waals surface area contributed by atoms with E-state index in [9.17, 15) is 4.21 Å². The Morgan fingerprint density at radius 2 is 1.92 bits per heavy atom. The average Bonchev–Trinajstić information content (AvgIpc) is 1.81. The van der Waals surface area contributed by atoms with Gasteiger partial charge in [0, 0.05) is 27.8 Å². The van der Waals surface area contributed by atoms with Crippen molar-refractivity contribution in [3.63, 3.8) is 0 Å². The van der Waals surface area contributed by atoms with Crippen molar-refractivity contribution < 1.29 is 4.21 Å². The van der Waals surface area contributed by atoms with Crippen LogP contribution in [-0.2, 0) is 10.8 Å². The molecule has 2 nitrogen and oxygen atoms in total. The summed E-state index contributed by atoms with van der Waals surface area (Å²) < 4.78 is 11.5. The van der Waals surface area contributed by atoms with E-state index in [1.807, 2.05) is 13.8 Å². The van der Waals surface area contributed by atoms with E-state index in [0.717, 1.165) is 18.6 Å². The van der Waals surface area contributed by atoms with E-state index >= 15 is 0 Å². The van der Waals surface area contributed by atoms with Crippen LogP contribution in [0.5, 0.6) is 0 Å². The first-order valence-electron chi connectivity index (χ1n) is 4.95. The van der Waals surface area contributed by atoms with Crippen LogP contribution in [-0.4, -0.2) is 21.3 Å². The van der Waals surface area contributed by atoms with Crippen molar-refractivity contribution in [2.24, 2.45) is 11.7 Å². The molecule has 0 rings (SSSR count). The first kappa shape index (κ1) is 13.1. The average molecular weight is 205 g/mol. The molecule has 0 aliphatic carbocycles. The molecule has 13 heavy (non-hydrogen) atoms. The summed E-state index contributed by atoms with van der Waals surface area (Å²) in [5, 5.41) is 0. The van der Waals surface area contributed by atoms with Gasteiger partial charge in [0.2, 0.25) is 0 Å². The van der Waals surface area contributed by atoms with Crippen molar-refractivity contribution in [3.8, 4) is 0 Å². The maximum Gasteiger partial charge on any atom is 0.0409 e. The van der Waals surface area contributed by atoms with Gasteiger partial charge in [-0.1, -0.05) is 20.3 Å². The lowest BCUT2D eigenvalue weighted by Crippen LogP contribution is -2.38. The summed E-state index contributed by atoms with van der Waals surface area (Å²) in [6.07, 6.45) is 2.22. The Labute approximate surface area is 84.7 Å². The molecule has 0 aromatic rings. The lowest BCUT2D eigenvalue weighted by molar-refractivity contribution is 0.564. The first-order chi connectivity index (χ1) is 5.81. The highest BCUT2D eigenvalue weighted by atomic mass is 32.2. The number of hydrogen-bond acceptors (Lipinski definition) is 2. The summed E-state index contributed by atoms with van der Waals surface area (Å²) in [6.45, 7) is 8.23. The van der Waals surface area contributed by atoms with Crippen LogP contribution in [0.15, 0.2) is 0 Å². The summed E-state index contributed by atoms with van der Waals surface area (Å²) in [6, 6.07) is 0. The second-order valence-electron chi connectivity index (χ2n) is 4.81. The standard InChI is InChI=1S/C10H23NOS/c1-9(2)6-5-7-13(12)8-10(3,4)11/h9H,5-8,11H2,1-4H3. The SMILES string of the molecule is CC(C)CCCS(=O)CC(C)(C)N. The smallest absolute Gasteiger partial charge is 0.0409 e. The summed E-state index contributed by atoms with van der Waals surface area (Å²) in [4.78, 5) is 0. The molecule has 0 aromatic carbocycles. The summed E-state index contributed by atoms with van der Waals surface area (Å²) in [7, 11) is -0.731. The van der Waals surface area contributed by atoms with Crippen molar-refractivity contribution in [2.75, 3.05) is 11.5 Å². The van der Waals surface area contributed by atoms with Gasteiger partial charge in [0.15, 0.2) is 0 Å². The minimum atomic E-state index is -0.731. The van der Waals surface area contributed by atoms with Crippen LogP contribution in [0.2, 0.25) is 0 Å². The summed E-state index contributed by atoms with van der Waals surface area (Å²) in [5.41, 5.74) is 5.49. The summed E-state index contributed by atoms with van der Waals surface area (Å²) >= 11 is 0. The van der Waals surface area contributed by atoms with Gasteiger partial charge in [-0.2, -0.15) is 0 Å². The quantitative estimate of drug-likeness (QED) is 0.720. The topological polar surface area (TPSA) is 43.1 Å². The van der Waals surface area contributed by atoms with Crippen molar-refractivity contribution >= 4 is 10.8 Å². The van der Waals surface area contributed by atoms with E-state index in [1.165, 1.54) is 0 Å². The second-order valence-corrected chi connectivity index (χ2v) is 6.39. The van der Waals surface area contributed by atoms with Crippen LogP contribution in [0.4, 0.5) is 0 Å². The van der Waals surface area contributed by atoms with Gasteiger partial charge < -0.3 is 5.73 Å². The molecule has 0 aliphatic rings. The van der Waals surface area contributed by atoms with Gasteiger partial charge >= 0.3 is 0 Å². The molecular weight excluding hydrogens is 182 g/mol. The molecule has 80 valence electrons. The zero-order valence-electron chi connectivity index (χ0n) is 9.30. The lowest BCUT2D eigenvalue weighted by Gasteiger charge is -2.17. The van der Waals surface area contributed by atoms with Gasteiger partial charge in [-0.3, -0.25) is 4.21 Å². The fourth-order valence-corrected chi connectivity index (χ4v) is 2.60. The van der Waals surface area contributed by atoms with Crippen molar-refractivity contribution in [1.29, 1.82) is 0 Å². The molecule has 0 amide bonds. The third-order valence-electron chi connectivity index (χ3n) is 1.69. The van der Waals surface area contributed by atoms with Gasteiger partial charge in [-0.15, -0.1) is 0 Å². The minimum Gasteiger partial charge on any atom is -0.325 e. The molecule has 0 heterocycles. The third kappa shape index (κ3) is 10.0. The second kappa shape index (κ2) is 5.76. The Hall–Kier alpha value is 0.110. The van der Waals surface area contributed by atoms with Crippen LogP contribution in [0, 0.1) is 5.92 Å². The van der Waals surface area contributed by atoms with Crippen LogP contribution >= 0.6 is 0 Å². The number of hydrogen-bond donors (Lipinski definition) is 1. The van der Waals surface area contributed by atoms with E-state index in [4.69, 9.17) is 5.73 Å². The highest BCUT2D eigenvalue weighted by molar-refractivity contribution is 7.85. The molecule has 2 N–H and O–H groups in total. The molecule has 0 aromatic heterocycles. The Morgan fingerprint density at radius 3 is 2.31 bits per heavy atom. The predicted octanol–water partition coefficient (Wildman–Crippen LogP) is 1.91. The van der Waals surface area contributed by atoms with E-state index < -0.39 is 10.8 Å². The zero-order valence-corrected chi connectivity index (χ0v) is 10.1. The highest BCUT2D eigenvalue weighted by Crippen LogP contribution is 2.06. The van der Waals surface area contributed by atoms with Crippen molar-refractivity contribution in [1.82, 2.24) is 0 Å². The van der Waals surface area contributed by atoms with E-state index in [-0.39, 0.29) is 5.54 Å². The number of nitrogens with two attached hydrogens (primary N) is 1. The van der Waals surface area contributed by atoms with Crippen LogP contribution in [0.3, 0.4) is 0 Å². The molecule has 0 bridgehead atoms. The van der Waals surface area contributed by atoms with Gasteiger partial charge in [-0.25, -0.2) is 0 Å². The molecule has 0 fully saturated rings. The first-order valence-corrected chi connectivity index (χ1v) is 6.44. The monoisotopic (exact) mass is 205 g/mol. The van der Waals surface area contributed by atoms with E-state index in [2.05, 4.69) is 13.8 Å². The molecule has 1 atom stereocenters. The van der Waals surface area contributed by atoms with Gasteiger partial charge in [0.25, 0.3) is 0 Å². The normalized spacial score (nSPS) is 14.9. The summed E-state index contributed by atoms with van der Waals surface area (Å²) in [5.74, 6) is 2.13. The van der Waals surface area contributed by atoms with Crippen LogP contribution < -0.4 is 5.73 Å². The Balaban J connectivity index is 3.53. The van der Waals surface area contributed by atoms with Gasteiger partial charge in [-0.05, 0) is 26.2 Å². The van der Waals surface area contributed by atoms with Gasteiger partial charge in [0.1, 0.15) is 0 Å². The van der Waals surface area contributed by atoms with Crippen molar-refractivity contribution in [3.05, 3.63) is 0 Å². The van der Waals surface area contributed by atoms with Gasteiger partial charge in [0.05, 0.1) is 0 Å². The van der Waals surface area contributed by atoms with Crippen LogP contribution in [0.25, 0.3) is 0 Å². The zero-order chi connectivity index (χ0) is 10.5. The molecule has 0 spiro atoms. The predicted molar refractivity (Wildman–Crippen MR) is 60.2 cm³/mol. The third-order valence-corrected chi connectivity index (χ3v) is 3.50. The Kier molecular flexibility index (Phi) is 5.81. The number of rotatable bonds is 6. The molecule has 0 saturated heterocycles. The Bertz CT molecular complexity index is 161. The van der Waals surface area contributed by atoms with Crippen molar-refractivity contribution in [2.45, 2.75) is 46.1 Å². The van der Waals surface area contributed by atoms with Crippen LogP contribution in [0.1, 0.15) is 40.5 Å². The highest BCUT2D eigenvalue weighted by Gasteiger charge is 2.14. The molecule has 1 unspecified atom stereocenters. The molecule has 3 heteroatoms. The fraction of sp³-hybridized carbons (Fsp3) is 1.00. The maximum atomic E-state index is 11.5. The maximum absolute atomic E-state index is 11.5. The van der Waals surface area contributed by atoms with E-state index in [0.29, 0.717) is 11.7 Å². The Morgan fingerprint density at radius 1 is 1.38 bits per heavy atom. The fourth-order valence-electron chi connectivity index (χ4n) is 1.14. The molecular formula is C10H23NOS. The molecule has 0 radical (unpaired) electrons. The lowest BCUT2D eigenvalue weighted by atomic mass is 10.1. The minimum absolute atomic E-state index is 0.289. The molecule has 0 saturated carbocycles. The molecule has 0 aliphatic heterocycles. The largest absolute Gasteiger partial charge is 0.325 e.